The van der Waals surface area contributed by atoms with Crippen LogP contribution >= 0.6 is 0 Å². The molecule has 0 aliphatic carbocycles. The van der Waals surface area contributed by atoms with Crippen LogP contribution in [0.25, 0.3) is 0 Å². The first-order valence-electron chi connectivity index (χ1n) is 6.00. The van der Waals surface area contributed by atoms with Crippen LogP contribution in [0.15, 0.2) is 12.1 Å². The normalized spacial score (nSPS) is 11.9. The van der Waals surface area contributed by atoms with E-state index >= 15 is 0 Å². The number of halogens is 1. The van der Waals surface area contributed by atoms with Crippen LogP contribution < -0.4 is 5.32 Å². The highest BCUT2D eigenvalue weighted by Gasteiger charge is 2.23. The van der Waals surface area contributed by atoms with Gasteiger partial charge in [0, 0.05) is 6.54 Å². The second-order valence-electron chi connectivity index (χ2n) is 4.19. The number of hydrogen-bond donors (Lipinski definition) is 3. The van der Waals surface area contributed by atoms with Crippen molar-refractivity contribution < 1.29 is 24.3 Å². The zero-order valence-corrected chi connectivity index (χ0v) is 10.8. The number of benzene rings is 1. The van der Waals surface area contributed by atoms with Crippen LogP contribution in [0.5, 0.6) is 0 Å². The Morgan fingerprint density at radius 3 is 2.70 bits per heavy atom. The van der Waals surface area contributed by atoms with E-state index in [1.807, 2.05) is 0 Å². The van der Waals surface area contributed by atoms with Gasteiger partial charge in [0.2, 0.25) is 0 Å². The van der Waals surface area contributed by atoms with Crippen molar-refractivity contribution >= 4 is 17.3 Å². The van der Waals surface area contributed by atoms with E-state index in [0.717, 1.165) is 6.07 Å². The molecule has 1 aromatic carbocycles. The maximum absolute atomic E-state index is 13.6. The number of anilines is 1. The lowest BCUT2D eigenvalue weighted by Crippen LogP contribution is -2.14. The van der Waals surface area contributed by atoms with Gasteiger partial charge >= 0.3 is 5.97 Å². The maximum Gasteiger partial charge on any atom is 0.342 e. The summed E-state index contributed by atoms with van der Waals surface area (Å²) in [6.07, 6.45) is 0.364. The molecule has 7 nitrogen and oxygen atoms in total. The van der Waals surface area contributed by atoms with Crippen molar-refractivity contribution in [1.82, 2.24) is 0 Å². The SMILES string of the molecule is CCC(O)CCNc1cc(C(=O)O)c([N+](=O)[O-])cc1F. The lowest BCUT2D eigenvalue weighted by molar-refractivity contribution is -0.385. The molecule has 0 saturated carbocycles. The smallest absolute Gasteiger partial charge is 0.342 e. The third-order valence-electron chi connectivity index (χ3n) is 2.78. The molecule has 1 aromatic rings. The van der Waals surface area contributed by atoms with E-state index in [1.165, 1.54) is 0 Å². The fourth-order valence-electron chi connectivity index (χ4n) is 1.60. The molecule has 1 rings (SSSR count). The Balaban J connectivity index is 2.95. The van der Waals surface area contributed by atoms with E-state index in [4.69, 9.17) is 5.11 Å². The van der Waals surface area contributed by atoms with Crippen molar-refractivity contribution in [3.05, 3.63) is 33.6 Å². The maximum atomic E-state index is 13.6. The van der Waals surface area contributed by atoms with Gasteiger partial charge in [0.15, 0.2) is 5.82 Å². The van der Waals surface area contributed by atoms with E-state index in [0.29, 0.717) is 18.9 Å². The molecule has 1 unspecified atom stereocenters. The minimum Gasteiger partial charge on any atom is -0.477 e. The Kier molecular flexibility index (Phi) is 5.39. The molecule has 0 aromatic heterocycles. The van der Waals surface area contributed by atoms with Crippen molar-refractivity contribution in [1.29, 1.82) is 0 Å². The molecule has 20 heavy (non-hydrogen) atoms. The molecular weight excluding hydrogens is 271 g/mol. The lowest BCUT2D eigenvalue weighted by atomic mass is 10.1. The predicted octanol–water partition coefficient (Wildman–Crippen LogP) is 2.00. The molecule has 0 bridgehead atoms. The zero-order chi connectivity index (χ0) is 15.3. The van der Waals surface area contributed by atoms with Gasteiger partial charge in [-0.25, -0.2) is 9.18 Å². The number of aliphatic hydroxyl groups is 1. The minimum atomic E-state index is -1.51. The molecule has 0 amide bonds. The summed E-state index contributed by atoms with van der Waals surface area (Å²) < 4.78 is 13.6. The Hall–Kier alpha value is -2.22. The second-order valence-corrected chi connectivity index (χ2v) is 4.19. The quantitative estimate of drug-likeness (QED) is 0.522. The van der Waals surface area contributed by atoms with E-state index in [9.17, 15) is 24.4 Å². The third kappa shape index (κ3) is 3.89. The summed E-state index contributed by atoms with van der Waals surface area (Å²) in [6, 6.07) is 1.45. The number of carboxylic acid groups (broad SMARTS) is 1. The number of nitrogens with zero attached hydrogens (tertiary/aromatic N) is 1. The number of aliphatic hydroxyl groups excluding tert-OH is 1. The molecule has 8 heteroatoms. The van der Waals surface area contributed by atoms with E-state index < -0.39 is 34.1 Å². The van der Waals surface area contributed by atoms with Crippen LogP contribution in [0.1, 0.15) is 30.1 Å². The van der Waals surface area contributed by atoms with E-state index in [1.54, 1.807) is 6.92 Å². The van der Waals surface area contributed by atoms with Gasteiger partial charge in [-0.05, 0) is 18.9 Å². The fourth-order valence-corrected chi connectivity index (χ4v) is 1.60. The standard InChI is InChI=1S/C12H15FN2O5/c1-2-7(16)3-4-14-10-5-8(12(17)18)11(15(19)20)6-9(10)13/h5-7,14,16H,2-4H2,1H3,(H,17,18). The van der Waals surface area contributed by atoms with Crippen molar-refractivity contribution in [3.8, 4) is 0 Å². The number of carbonyl (C=O) groups is 1. The summed E-state index contributed by atoms with van der Waals surface area (Å²) in [5, 5.41) is 31.5. The monoisotopic (exact) mass is 286 g/mol. The highest BCUT2D eigenvalue weighted by atomic mass is 19.1. The van der Waals surface area contributed by atoms with Crippen LogP contribution in [0.4, 0.5) is 15.8 Å². The van der Waals surface area contributed by atoms with Gasteiger partial charge in [0.25, 0.3) is 5.69 Å². The van der Waals surface area contributed by atoms with Gasteiger partial charge in [-0.3, -0.25) is 10.1 Å². The lowest BCUT2D eigenvalue weighted by Gasteiger charge is -2.11. The van der Waals surface area contributed by atoms with Gasteiger partial charge in [0.05, 0.1) is 22.8 Å². The molecule has 0 aliphatic rings. The average molecular weight is 286 g/mol. The van der Waals surface area contributed by atoms with Gasteiger partial charge < -0.3 is 15.5 Å². The summed E-state index contributed by atoms with van der Waals surface area (Å²) in [5.74, 6) is -2.42. The summed E-state index contributed by atoms with van der Waals surface area (Å²) in [4.78, 5) is 20.6. The largest absolute Gasteiger partial charge is 0.477 e. The average Bonchev–Trinajstić information content (AvgIpc) is 2.39. The van der Waals surface area contributed by atoms with Gasteiger partial charge in [-0.1, -0.05) is 6.92 Å². The van der Waals surface area contributed by atoms with Crippen LogP contribution in [0, 0.1) is 15.9 Å². The zero-order valence-electron chi connectivity index (χ0n) is 10.8. The minimum absolute atomic E-state index is 0.142. The molecule has 0 fully saturated rings. The molecule has 0 radical (unpaired) electrons. The van der Waals surface area contributed by atoms with Crippen LogP contribution in [0.3, 0.4) is 0 Å². The first-order chi connectivity index (χ1) is 9.36. The number of nitro benzene ring substituents is 1. The molecule has 0 aliphatic heterocycles. The Morgan fingerprint density at radius 1 is 1.55 bits per heavy atom. The summed E-state index contributed by atoms with van der Waals surface area (Å²) >= 11 is 0. The Labute approximate surface area is 114 Å². The van der Waals surface area contributed by atoms with Gasteiger partial charge in [-0.15, -0.1) is 0 Å². The Morgan fingerprint density at radius 2 is 2.20 bits per heavy atom. The number of aromatic carboxylic acids is 1. The number of nitrogens with one attached hydrogen (secondary N) is 1. The predicted molar refractivity (Wildman–Crippen MR) is 69.4 cm³/mol. The van der Waals surface area contributed by atoms with Crippen molar-refractivity contribution in [3.63, 3.8) is 0 Å². The van der Waals surface area contributed by atoms with Crippen LogP contribution in [-0.2, 0) is 0 Å². The molecule has 0 heterocycles. The van der Waals surface area contributed by atoms with Gasteiger partial charge in [-0.2, -0.15) is 0 Å². The van der Waals surface area contributed by atoms with Gasteiger partial charge in [0.1, 0.15) is 5.56 Å². The van der Waals surface area contributed by atoms with Crippen molar-refractivity contribution in [2.24, 2.45) is 0 Å². The fraction of sp³-hybridized carbons (Fsp3) is 0.417. The molecule has 3 N–H and O–H groups in total. The summed E-state index contributed by atoms with van der Waals surface area (Å²) in [6.45, 7) is 2.02. The van der Waals surface area contributed by atoms with E-state index in [-0.39, 0.29) is 12.2 Å². The summed E-state index contributed by atoms with van der Waals surface area (Å²) in [7, 11) is 0. The van der Waals surface area contributed by atoms with Crippen LogP contribution in [-0.4, -0.2) is 33.8 Å². The number of nitro groups is 1. The molecule has 110 valence electrons. The second kappa shape index (κ2) is 6.80. The first kappa shape index (κ1) is 15.8. The molecule has 1 atom stereocenters. The Bertz CT molecular complexity index is 521. The molecule has 0 spiro atoms. The highest BCUT2D eigenvalue weighted by molar-refractivity contribution is 5.93. The number of rotatable bonds is 7. The van der Waals surface area contributed by atoms with Crippen molar-refractivity contribution in [2.75, 3.05) is 11.9 Å². The van der Waals surface area contributed by atoms with E-state index in [2.05, 4.69) is 5.32 Å². The van der Waals surface area contributed by atoms with Crippen molar-refractivity contribution in [2.45, 2.75) is 25.9 Å². The molecule has 0 saturated heterocycles. The highest BCUT2D eigenvalue weighted by Crippen LogP contribution is 2.26. The number of carboxylic acids is 1. The first-order valence-corrected chi connectivity index (χ1v) is 6.00. The topological polar surface area (TPSA) is 113 Å². The molecular formula is C12H15FN2O5. The van der Waals surface area contributed by atoms with Crippen LogP contribution in [0.2, 0.25) is 0 Å². The summed E-state index contributed by atoms with van der Waals surface area (Å²) in [5.41, 5.74) is -1.53. The third-order valence-corrected chi connectivity index (χ3v) is 2.78. The number of hydrogen-bond acceptors (Lipinski definition) is 5.